The summed E-state index contributed by atoms with van der Waals surface area (Å²) in [4.78, 5) is 0. The van der Waals surface area contributed by atoms with Crippen molar-refractivity contribution in [2.45, 2.75) is 96.2 Å². The SMILES string of the molecule is CCCC1COC(CCC2CCC(C3CCC(c4cc(F)c(F)c(F)c4)CC3)CC2)OC1. The van der Waals surface area contributed by atoms with E-state index in [1.165, 1.54) is 57.1 Å². The molecular weight excluding hydrogens is 413 g/mol. The van der Waals surface area contributed by atoms with Gasteiger partial charge in [-0.1, -0.05) is 26.2 Å². The first kappa shape index (κ1) is 24.1. The van der Waals surface area contributed by atoms with Gasteiger partial charge in [0, 0.05) is 5.92 Å². The third-order valence-electron chi connectivity index (χ3n) is 8.35. The summed E-state index contributed by atoms with van der Waals surface area (Å²) in [5.41, 5.74) is 0.622. The summed E-state index contributed by atoms with van der Waals surface area (Å²) in [5.74, 6) is -0.471. The van der Waals surface area contributed by atoms with Gasteiger partial charge in [0.2, 0.25) is 0 Å². The molecule has 1 aromatic rings. The van der Waals surface area contributed by atoms with Crippen molar-refractivity contribution >= 4 is 0 Å². The van der Waals surface area contributed by atoms with Crippen LogP contribution in [0.5, 0.6) is 0 Å². The molecule has 3 fully saturated rings. The van der Waals surface area contributed by atoms with Crippen LogP contribution in [0.4, 0.5) is 13.2 Å². The molecule has 0 bridgehead atoms. The van der Waals surface area contributed by atoms with Crippen LogP contribution in [-0.4, -0.2) is 19.5 Å². The minimum Gasteiger partial charge on any atom is -0.352 e. The predicted octanol–water partition coefficient (Wildman–Crippen LogP) is 7.75. The zero-order chi connectivity index (χ0) is 22.5. The van der Waals surface area contributed by atoms with E-state index in [-0.39, 0.29) is 12.2 Å². The van der Waals surface area contributed by atoms with Crippen molar-refractivity contribution in [2.24, 2.45) is 23.7 Å². The zero-order valence-corrected chi connectivity index (χ0v) is 19.5. The van der Waals surface area contributed by atoms with Gasteiger partial charge in [0.05, 0.1) is 13.2 Å². The molecule has 2 nitrogen and oxygen atoms in total. The fourth-order valence-electron chi connectivity index (χ4n) is 6.38. The van der Waals surface area contributed by atoms with Gasteiger partial charge in [0.25, 0.3) is 0 Å². The van der Waals surface area contributed by atoms with Crippen LogP contribution in [-0.2, 0) is 9.47 Å². The van der Waals surface area contributed by atoms with Crippen molar-refractivity contribution < 1.29 is 22.6 Å². The Morgan fingerprint density at radius 3 is 1.84 bits per heavy atom. The highest BCUT2D eigenvalue weighted by molar-refractivity contribution is 5.23. The van der Waals surface area contributed by atoms with Crippen LogP contribution < -0.4 is 0 Å². The third kappa shape index (κ3) is 6.08. The van der Waals surface area contributed by atoms with E-state index in [2.05, 4.69) is 6.92 Å². The Morgan fingerprint density at radius 2 is 1.28 bits per heavy atom. The van der Waals surface area contributed by atoms with Crippen LogP contribution in [0, 0.1) is 41.1 Å². The Hall–Kier alpha value is -1.07. The first-order valence-corrected chi connectivity index (χ1v) is 12.9. The van der Waals surface area contributed by atoms with E-state index in [4.69, 9.17) is 9.47 Å². The van der Waals surface area contributed by atoms with E-state index in [1.54, 1.807) is 0 Å². The first-order chi connectivity index (χ1) is 15.5. The molecule has 0 aromatic heterocycles. The van der Waals surface area contributed by atoms with Crippen LogP contribution in [0.25, 0.3) is 0 Å². The van der Waals surface area contributed by atoms with Crippen molar-refractivity contribution in [2.75, 3.05) is 13.2 Å². The Labute approximate surface area is 191 Å². The van der Waals surface area contributed by atoms with Crippen LogP contribution in [0.1, 0.15) is 95.5 Å². The summed E-state index contributed by atoms with van der Waals surface area (Å²) in [7, 11) is 0. The zero-order valence-electron chi connectivity index (χ0n) is 19.5. The van der Waals surface area contributed by atoms with Crippen molar-refractivity contribution in [1.29, 1.82) is 0 Å². The van der Waals surface area contributed by atoms with E-state index in [0.717, 1.165) is 63.1 Å². The van der Waals surface area contributed by atoms with Gasteiger partial charge in [-0.2, -0.15) is 0 Å². The number of benzene rings is 1. The highest BCUT2D eigenvalue weighted by Crippen LogP contribution is 2.45. The minimum atomic E-state index is -1.36. The monoisotopic (exact) mass is 452 g/mol. The maximum absolute atomic E-state index is 13.6. The van der Waals surface area contributed by atoms with Gasteiger partial charge in [0.1, 0.15) is 0 Å². The average molecular weight is 453 g/mol. The third-order valence-corrected chi connectivity index (χ3v) is 8.35. The summed E-state index contributed by atoms with van der Waals surface area (Å²) < 4.78 is 52.3. The molecule has 3 aliphatic rings. The molecule has 32 heavy (non-hydrogen) atoms. The topological polar surface area (TPSA) is 18.5 Å². The molecule has 1 aromatic carbocycles. The van der Waals surface area contributed by atoms with Crippen LogP contribution in [0.2, 0.25) is 0 Å². The van der Waals surface area contributed by atoms with Gasteiger partial charge in [-0.3, -0.25) is 0 Å². The van der Waals surface area contributed by atoms with E-state index in [0.29, 0.717) is 11.5 Å². The minimum absolute atomic E-state index is 0.00255. The van der Waals surface area contributed by atoms with E-state index < -0.39 is 17.5 Å². The first-order valence-electron chi connectivity index (χ1n) is 12.9. The quantitative estimate of drug-likeness (QED) is 0.394. The summed E-state index contributed by atoms with van der Waals surface area (Å²) in [5, 5.41) is 0. The van der Waals surface area contributed by atoms with E-state index in [9.17, 15) is 13.2 Å². The highest BCUT2D eigenvalue weighted by Gasteiger charge is 2.32. The Morgan fingerprint density at radius 1 is 0.719 bits per heavy atom. The number of ether oxygens (including phenoxy) is 2. The van der Waals surface area contributed by atoms with E-state index in [1.807, 2.05) is 0 Å². The summed E-state index contributed by atoms with van der Waals surface area (Å²) >= 11 is 0. The van der Waals surface area contributed by atoms with Crippen molar-refractivity contribution in [3.63, 3.8) is 0 Å². The average Bonchev–Trinajstić information content (AvgIpc) is 2.82. The van der Waals surface area contributed by atoms with Crippen molar-refractivity contribution in [3.8, 4) is 0 Å². The standard InChI is InChI=1S/C27H39F3O2/c1-2-3-19-16-31-26(32-17-19)13-6-18-4-7-20(8-5-18)21-9-11-22(12-10-21)23-14-24(28)27(30)25(29)15-23/h14-15,18-22,26H,2-13,16-17H2,1H3. The highest BCUT2D eigenvalue weighted by atomic mass is 19.2. The molecule has 2 saturated carbocycles. The number of hydrogen-bond donors (Lipinski definition) is 0. The molecule has 0 atom stereocenters. The molecule has 0 N–H and O–H groups in total. The molecule has 5 heteroatoms. The number of halogens is 3. The molecule has 1 saturated heterocycles. The van der Waals surface area contributed by atoms with Crippen molar-refractivity contribution in [3.05, 3.63) is 35.1 Å². The van der Waals surface area contributed by atoms with Gasteiger partial charge in [-0.05, 0) is 99.2 Å². The maximum atomic E-state index is 13.6. The van der Waals surface area contributed by atoms with Gasteiger partial charge in [-0.15, -0.1) is 0 Å². The molecule has 2 aliphatic carbocycles. The lowest BCUT2D eigenvalue weighted by Gasteiger charge is -2.38. The maximum Gasteiger partial charge on any atom is 0.194 e. The van der Waals surface area contributed by atoms with Gasteiger partial charge >= 0.3 is 0 Å². The Bertz CT molecular complexity index is 693. The predicted molar refractivity (Wildman–Crippen MR) is 120 cm³/mol. The van der Waals surface area contributed by atoms with Crippen molar-refractivity contribution in [1.82, 2.24) is 0 Å². The molecule has 0 unspecified atom stereocenters. The molecule has 0 spiro atoms. The van der Waals surface area contributed by atoms with Gasteiger partial charge < -0.3 is 9.47 Å². The number of hydrogen-bond acceptors (Lipinski definition) is 2. The van der Waals surface area contributed by atoms with Gasteiger partial charge in [0.15, 0.2) is 23.7 Å². The van der Waals surface area contributed by atoms with Gasteiger partial charge in [-0.25, -0.2) is 13.2 Å². The lowest BCUT2D eigenvalue weighted by atomic mass is 9.68. The normalized spacial score (nSPS) is 33.9. The molecular formula is C27H39F3O2. The molecule has 1 aliphatic heterocycles. The Kier molecular flexibility index (Phi) is 8.55. The second-order valence-corrected chi connectivity index (χ2v) is 10.5. The Balaban J connectivity index is 1.15. The second-order valence-electron chi connectivity index (χ2n) is 10.5. The van der Waals surface area contributed by atoms with Crippen LogP contribution in [0.3, 0.4) is 0 Å². The van der Waals surface area contributed by atoms with E-state index >= 15 is 0 Å². The van der Waals surface area contributed by atoms with Crippen LogP contribution in [0.15, 0.2) is 12.1 Å². The number of rotatable bonds is 7. The fourth-order valence-corrected chi connectivity index (χ4v) is 6.38. The summed E-state index contributed by atoms with van der Waals surface area (Å²) in [6.45, 7) is 3.91. The second kappa shape index (κ2) is 11.4. The molecule has 4 rings (SSSR count). The smallest absolute Gasteiger partial charge is 0.194 e. The fraction of sp³-hybridized carbons (Fsp3) is 0.778. The molecule has 180 valence electrons. The lowest BCUT2D eigenvalue weighted by Crippen LogP contribution is -2.32. The molecule has 1 heterocycles. The largest absolute Gasteiger partial charge is 0.352 e. The summed E-state index contributed by atoms with van der Waals surface area (Å²) in [6.07, 6.45) is 13.9. The lowest BCUT2D eigenvalue weighted by molar-refractivity contribution is -0.205. The van der Waals surface area contributed by atoms with Crippen LogP contribution >= 0.6 is 0 Å². The molecule has 0 radical (unpaired) electrons. The summed E-state index contributed by atoms with van der Waals surface area (Å²) in [6, 6.07) is 2.39. The molecule has 0 amide bonds.